The van der Waals surface area contributed by atoms with E-state index in [1.165, 1.54) is 16.9 Å². The molecule has 1 aliphatic rings. The molecule has 0 aliphatic carbocycles. The number of nitrogens with one attached hydrogen (secondary N) is 1. The first kappa shape index (κ1) is 16.8. The van der Waals surface area contributed by atoms with Crippen LogP contribution >= 0.6 is 11.3 Å². The van der Waals surface area contributed by atoms with Crippen molar-refractivity contribution in [2.75, 3.05) is 18.5 Å². The second-order valence-corrected chi connectivity index (χ2v) is 7.41. The molecular weight excluding hydrogens is 374 g/mol. The van der Waals surface area contributed by atoms with Gasteiger partial charge < -0.3 is 14.8 Å². The molecule has 5 rings (SSSR count). The summed E-state index contributed by atoms with van der Waals surface area (Å²) in [4.78, 5) is 18.2. The second-order valence-electron chi connectivity index (χ2n) is 6.58. The number of rotatable bonds is 3. The van der Waals surface area contributed by atoms with Crippen LogP contribution in [0.3, 0.4) is 0 Å². The van der Waals surface area contributed by atoms with Gasteiger partial charge in [-0.1, -0.05) is 29.8 Å². The number of ether oxygens (including phenoxy) is 2. The highest BCUT2D eigenvalue weighted by Gasteiger charge is 2.17. The molecule has 0 atom stereocenters. The smallest absolute Gasteiger partial charge is 0.273 e. The van der Waals surface area contributed by atoms with Crippen LogP contribution in [0.25, 0.3) is 16.2 Å². The van der Waals surface area contributed by atoms with Crippen molar-refractivity contribution in [3.63, 3.8) is 0 Å². The number of hydrogen-bond acceptors (Lipinski definition) is 5. The van der Waals surface area contributed by atoms with Gasteiger partial charge in [-0.15, -0.1) is 11.3 Å². The van der Waals surface area contributed by atoms with Gasteiger partial charge in [-0.3, -0.25) is 9.20 Å². The Labute approximate surface area is 165 Å². The molecular formula is C21H17N3O3S. The van der Waals surface area contributed by atoms with Gasteiger partial charge in [0.1, 0.15) is 18.9 Å². The number of nitrogens with zero attached hydrogens (tertiary/aromatic N) is 2. The number of hydrogen-bond donors (Lipinski definition) is 1. The van der Waals surface area contributed by atoms with Crippen molar-refractivity contribution in [2.45, 2.75) is 6.92 Å². The van der Waals surface area contributed by atoms with E-state index in [2.05, 4.69) is 29.4 Å². The van der Waals surface area contributed by atoms with E-state index in [-0.39, 0.29) is 5.91 Å². The van der Waals surface area contributed by atoms with E-state index in [0.717, 1.165) is 16.2 Å². The number of benzene rings is 2. The maximum absolute atomic E-state index is 12.8. The minimum absolute atomic E-state index is 0.198. The zero-order valence-corrected chi connectivity index (χ0v) is 16.0. The first-order valence-corrected chi connectivity index (χ1v) is 9.80. The zero-order chi connectivity index (χ0) is 19.1. The average molecular weight is 391 g/mol. The predicted octanol–water partition coefficient (Wildman–Crippen LogP) is 4.39. The predicted molar refractivity (Wildman–Crippen MR) is 109 cm³/mol. The Hall–Kier alpha value is -3.32. The normalized spacial score (nSPS) is 12.9. The molecule has 3 heterocycles. The van der Waals surface area contributed by atoms with Gasteiger partial charge in [0.15, 0.2) is 16.5 Å². The van der Waals surface area contributed by atoms with E-state index >= 15 is 0 Å². The molecule has 4 aromatic rings. The van der Waals surface area contributed by atoms with Crippen molar-refractivity contribution in [1.29, 1.82) is 0 Å². The van der Waals surface area contributed by atoms with Crippen LogP contribution in [0.2, 0.25) is 0 Å². The molecule has 2 aromatic heterocycles. The molecule has 7 heteroatoms. The number of carbonyl (C=O) groups is 1. The zero-order valence-electron chi connectivity index (χ0n) is 15.1. The highest BCUT2D eigenvalue weighted by molar-refractivity contribution is 7.15. The molecule has 140 valence electrons. The van der Waals surface area contributed by atoms with E-state index in [9.17, 15) is 4.79 Å². The Kier molecular flexibility index (Phi) is 4.02. The van der Waals surface area contributed by atoms with Gasteiger partial charge in [0.25, 0.3) is 5.91 Å². The number of fused-ring (bicyclic) bond motifs is 2. The molecule has 0 fully saturated rings. The van der Waals surface area contributed by atoms with Crippen LogP contribution in [0.15, 0.2) is 54.0 Å². The van der Waals surface area contributed by atoms with Gasteiger partial charge in [-0.25, -0.2) is 4.98 Å². The van der Waals surface area contributed by atoms with E-state index < -0.39 is 0 Å². The second kappa shape index (κ2) is 6.69. The van der Waals surface area contributed by atoms with Crippen LogP contribution < -0.4 is 14.8 Å². The Morgan fingerprint density at radius 1 is 1.11 bits per heavy atom. The average Bonchev–Trinajstić information content (AvgIpc) is 3.29. The van der Waals surface area contributed by atoms with Crippen molar-refractivity contribution >= 4 is 27.9 Å². The van der Waals surface area contributed by atoms with Crippen LogP contribution in [0, 0.1) is 6.92 Å². The van der Waals surface area contributed by atoms with Crippen molar-refractivity contribution in [3.8, 4) is 22.8 Å². The molecule has 1 aliphatic heterocycles. The number of anilines is 1. The third kappa shape index (κ3) is 2.99. The Morgan fingerprint density at radius 2 is 1.89 bits per heavy atom. The molecule has 28 heavy (non-hydrogen) atoms. The van der Waals surface area contributed by atoms with Crippen LogP contribution in [0.4, 0.5) is 5.69 Å². The fourth-order valence-corrected chi connectivity index (χ4v) is 3.98. The van der Waals surface area contributed by atoms with Gasteiger partial charge in [-0.05, 0) is 19.1 Å². The number of aryl methyl sites for hydroxylation is 1. The molecule has 0 saturated heterocycles. The van der Waals surface area contributed by atoms with E-state index in [4.69, 9.17) is 9.47 Å². The topological polar surface area (TPSA) is 64.9 Å². The summed E-state index contributed by atoms with van der Waals surface area (Å²) in [5, 5.41) is 4.74. The van der Waals surface area contributed by atoms with Crippen LogP contribution in [-0.4, -0.2) is 28.5 Å². The van der Waals surface area contributed by atoms with E-state index in [1.54, 1.807) is 18.2 Å². The number of aromatic nitrogens is 2. The van der Waals surface area contributed by atoms with E-state index in [0.29, 0.717) is 36.1 Å². The lowest BCUT2D eigenvalue weighted by Gasteiger charge is -2.18. The summed E-state index contributed by atoms with van der Waals surface area (Å²) in [6.45, 7) is 3.09. The molecule has 0 spiro atoms. The molecule has 0 unspecified atom stereocenters. The lowest BCUT2D eigenvalue weighted by molar-refractivity contribution is 0.102. The third-order valence-electron chi connectivity index (χ3n) is 4.59. The summed E-state index contributed by atoms with van der Waals surface area (Å²) in [5.41, 5.74) is 4.28. The van der Waals surface area contributed by atoms with Gasteiger partial charge in [0, 0.05) is 28.9 Å². The quantitative estimate of drug-likeness (QED) is 0.562. The van der Waals surface area contributed by atoms with E-state index in [1.807, 2.05) is 28.1 Å². The molecule has 0 bridgehead atoms. The van der Waals surface area contributed by atoms with Gasteiger partial charge in [0.2, 0.25) is 0 Å². The number of carbonyl (C=O) groups excluding carboxylic acids is 1. The molecule has 1 amide bonds. The monoisotopic (exact) mass is 391 g/mol. The SMILES string of the molecule is Cc1ccc(-c2cn3c(C(=O)Nc4ccc5c(c4)OCCO5)csc3n2)cc1. The fourth-order valence-electron chi connectivity index (χ4n) is 3.13. The Morgan fingerprint density at radius 3 is 2.71 bits per heavy atom. The highest BCUT2D eigenvalue weighted by Crippen LogP contribution is 2.33. The molecule has 2 aromatic carbocycles. The molecule has 0 saturated carbocycles. The number of thiazole rings is 1. The summed E-state index contributed by atoms with van der Waals surface area (Å²) in [6, 6.07) is 13.6. The molecule has 1 N–H and O–H groups in total. The van der Waals surface area contributed by atoms with Crippen molar-refractivity contribution in [3.05, 3.63) is 65.3 Å². The van der Waals surface area contributed by atoms with Gasteiger partial charge in [-0.2, -0.15) is 0 Å². The summed E-state index contributed by atoms with van der Waals surface area (Å²) >= 11 is 1.44. The fraction of sp³-hybridized carbons (Fsp3) is 0.143. The number of amides is 1. The first-order chi connectivity index (χ1) is 13.7. The summed E-state index contributed by atoms with van der Waals surface area (Å²) in [7, 11) is 0. The van der Waals surface area contributed by atoms with Crippen molar-refractivity contribution in [2.24, 2.45) is 0 Å². The standard InChI is InChI=1S/C21H17N3O3S/c1-13-2-4-14(5-3-13)16-11-24-17(12-28-21(24)23-16)20(25)22-15-6-7-18-19(10-15)27-9-8-26-18/h2-7,10-12H,8-9H2,1H3,(H,22,25). The van der Waals surface area contributed by atoms with Gasteiger partial charge >= 0.3 is 0 Å². The van der Waals surface area contributed by atoms with Crippen LogP contribution in [-0.2, 0) is 0 Å². The Bertz CT molecular complexity index is 1180. The maximum Gasteiger partial charge on any atom is 0.273 e. The first-order valence-electron chi connectivity index (χ1n) is 8.92. The molecule has 0 radical (unpaired) electrons. The minimum atomic E-state index is -0.198. The largest absolute Gasteiger partial charge is 0.486 e. The van der Waals surface area contributed by atoms with Gasteiger partial charge in [0.05, 0.1) is 5.69 Å². The highest BCUT2D eigenvalue weighted by atomic mass is 32.1. The lowest BCUT2D eigenvalue weighted by Crippen LogP contribution is -2.17. The molecule has 6 nitrogen and oxygen atoms in total. The Balaban J connectivity index is 1.42. The summed E-state index contributed by atoms with van der Waals surface area (Å²) in [6.07, 6.45) is 1.90. The maximum atomic E-state index is 12.8. The number of imidazole rings is 1. The minimum Gasteiger partial charge on any atom is -0.486 e. The van der Waals surface area contributed by atoms with Crippen molar-refractivity contribution < 1.29 is 14.3 Å². The third-order valence-corrected chi connectivity index (χ3v) is 5.43. The van der Waals surface area contributed by atoms with Crippen molar-refractivity contribution in [1.82, 2.24) is 9.38 Å². The summed E-state index contributed by atoms with van der Waals surface area (Å²) < 4.78 is 12.9. The summed E-state index contributed by atoms with van der Waals surface area (Å²) in [5.74, 6) is 1.14. The van der Waals surface area contributed by atoms with Crippen LogP contribution in [0.5, 0.6) is 11.5 Å². The lowest BCUT2D eigenvalue weighted by atomic mass is 10.1. The van der Waals surface area contributed by atoms with Crippen LogP contribution in [0.1, 0.15) is 16.1 Å².